The van der Waals surface area contributed by atoms with Crippen LogP contribution in [0, 0.1) is 11.3 Å². The molecular weight excluding hydrogens is 244 g/mol. The quantitative estimate of drug-likeness (QED) is 0.831. The Morgan fingerprint density at radius 3 is 2.63 bits per heavy atom. The zero-order valence-electron chi connectivity index (χ0n) is 11.9. The number of piperidine rings is 2. The Labute approximate surface area is 114 Å². The van der Waals surface area contributed by atoms with Crippen LogP contribution in [0.5, 0.6) is 0 Å². The highest BCUT2D eigenvalue weighted by Gasteiger charge is 2.36. The molecule has 0 aliphatic carbocycles. The Morgan fingerprint density at radius 2 is 2.05 bits per heavy atom. The maximum absolute atomic E-state index is 12.0. The van der Waals surface area contributed by atoms with Crippen LogP contribution in [0.15, 0.2) is 0 Å². The van der Waals surface area contributed by atoms with Crippen molar-refractivity contribution >= 4 is 11.9 Å². The summed E-state index contributed by atoms with van der Waals surface area (Å²) in [5, 5.41) is 9.10. The van der Waals surface area contributed by atoms with E-state index in [0.29, 0.717) is 25.9 Å². The highest BCUT2D eigenvalue weighted by atomic mass is 16.4. The molecule has 2 aliphatic rings. The third-order valence-corrected chi connectivity index (χ3v) is 4.62. The van der Waals surface area contributed by atoms with Gasteiger partial charge in [0.2, 0.25) is 5.91 Å². The number of aliphatic carboxylic acids is 1. The number of amides is 1. The van der Waals surface area contributed by atoms with Gasteiger partial charge in [0.15, 0.2) is 0 Å². The van der Waals surface area contributed by atoms with Crippen molar-refractivity contribution < 1.29 is 14.7 Å². The first-order valence-corrected chi connectivity index (χ1v) is 7.09. The lowest BCUT2D eigenvalue weighted by molar-refractivity contribution is -0.148. The summed E-state index contributed by atoms with van der Waals surface area (Å²) in [5.74, 6) is -1.03. The largest absolute Gasteiger partial charge is 0.481 e. The van der Waals surface area contributed by atoms with Crippen LogP contribution in [-0.2, 0) is 9.59 Å². The van der Waals surface area contributed by atoms with E-state index in [9.17, 15) is 9.59 Å². The van der Waals surface area contributed by atoms with Gasteiger partial charge in [0.1, 0.15) is 0 Å². The van der Waals surface area contributed by atoms with E-state index < -0.39 is 5.97 Å². The second-order valence-corrected chi connectivity index (χ2v) is 6.46. The Bertz CT molecular complexity index is 362. The third-order valence-electron chi connectivity index (χ3n) is 4.62. The molecule has 0 spiro atoms. The van der Waals surface area contributed by atoms with E-state index in [1.807, 2.05) is 0 Å². The smallest absolute Gasteiger partial charge is 0.308 e. The van der Waals surface area contributed by atoms with E-state index in [4.69, 9.17) is 5.11 Å². The molecule has 5 heteroatoms. The fraction of sp³-hybridized carbons (Fsp3) is 0.857. The minimum Gasteiger partial charge on any atom is -0.481 e. The van der Waals surface area contributed by atoms with Gasteiger partial charge in [-0.15, -0.1) is 0 Å². The monoisotopic (exact) mass is 268 g/mol. The molecule has 0 bridgehead atoms. The zero-order chi connectivity index (χ0) is 14.0. The molecule has 1 N–H and O–H groups in total. The van der Waals surface area contributed by atoms with Gasteiger partial charge in [-0.1, -0.05) is 6.92 Å². The number of hydrogen-bond donors (Lipinski definition) is 1. The van der Waals surface area contributed by atoms with Gasteiger partial charge in [-0.05, 0) is 44.8 Å². The van der Waals surface area contributed by atoms with E-state index >= 15 is 0 Å². The normalized spacial score (nSPS) is 28.4. The average Bonchev–Trinajstić information content (AvgIpc) is 2.36. The second kappa shape index (κ2) is 5.49. The minimum absolute atomic E-state index is 0.123. The van der Waals surface area contributed by atoms with Gasteiger partial charge < -0.3 is 14.9 Å². The number of hydrogen-bond acceptors (Lipinski definition) is 3. The van der Waals surface area contributed by atoms with Crippen LogP contribution < -0.4 is 0 Å². The first-order chi connectivity index (χ1) is 8.89. The molecule has 5 nitrogen and oxygen atoms in total. The highest BCUT2D eigenvalue weighted by Crippen LogP contribution is 2.33. The highest BCUT2D eigenvalue weighted by molar-refractivity contribution is 5.80. The molecule has 0 saturated carbocycles. The van der Waals surface area contributed by atoms with Gasteiger partial charge >= 0.3 is 5.97 Å². The van der Waals surface area contributed by atoms with E-state index in [1.165, 1.54) is 0 Å². The molecule has 1 atom stereocenters. The van der Waals surface area contributed by atoms with Crippen molar-refractivity contribution in [2.45, 2.75) is 32.6 Å². The number of nitrogens with zero attached hydrogens (tertiary/aromatic N) is 2. The zero-order valence-corrected chi connectivity index (χ0v) is 11.9. The van der Waals surface area contributed by atoms with Crippen molar-refractivity contribution in [3.63, 3.8) is 0 Å². The Morgan fingerprint density at radius 1 is 1.42 bits per heavy atom. The molecular formula is C14H24N2O3. The predicted molar refractivity (Wildman–Crippen MR) is 71.8 cm³/mol. The molecule has 0 aromatic heterocycles. The molecule has 19 heavy (non-hydrogen) atoms. The molecule has 108 valence electrons. The van der Waals surface area contributed by atoms with Crippen molar-refractivity contribution in [3.8, 4) is 0 Å². The number of carbonyl (C=O) groups is 2. The van der Waals surface area contributed by atoms with E-state index in [1.54, 1.807) is 4.90 Å². The van der Waals surface area contributed by atoms with Crippen LogP contribution in [0.2, 0.25) is 0 Å². The van der Waals surface area contributed by atoms with Crippen molar-refractivity contribution in [3.05, 3.63) is 0 Å². The lowest BCUT2D eigenvalue weighted by Crippen LogP contribution is -2.49. The summed E-state index contributed by atoms with van der Waals surface area (Å²) in [4.78, 5) is 27.1. The number of carboxylic acid groups (broad SMARTS) is 1. The number of rotatable bonds is 3. The van der Waals surface area contributed by atoms with Crippen molar-refractivity contribution in [2.75, 3.05) is 33.2 Å². The van der Waals surface area contributed by atoms with Gasteiger partial charge in [-0.3, -0.25) is 9.59 Å². The topological polar surface area (TPSA) is 60.9 Å². The summed E-state index contributed by atoms with van der Waals surface area (Å²) < 4.78 is 0. The van der Waals surface area contributed by atoms with Gasteiger partial charge in [-0.2, -0.15) is 0 Å². The van der Waals surface area contributed by atoms with Crippen molar-refractivity contribution in [2.24, 2.45) is 11.3 Å². The summed E-state index contributed by atoms with van der Waals surface area (Å²) >= 11 is 0. The number of carboxylic acids is 1. The molecule has 1 unspecified atom stereocenters. The fourth-order valence-corrected chi connectivity index (χ4v) is 3.05. The van der Waals surface area contributed by atoms with E-state index in [0.717, 1.165) is 25.9 Å². The molecule has 2 rings (SSSR count). The molecule has 1 amide bonds. The first kappa shape index (κ1) is 14.3. The van der Waals surface area contributed by atoms with Crippen LogP contribution in [-0.4, -0.2) is 60.0 Å². The maximum atomic E-state index is 12.0. The molecule has 2 heterocycles. The fourth-order valence-electron chi connectivity index (χ4n) is 3.05. The minimum atomic E-state index is -0.772. The van der Waals surface area contributed by atoms with Crippen LogP contribution in [0.3, 0.4) is 0 Å². The summed E-state index contributed by atoms with van der Waals surface area (Å²) in [5.41, 5.74) is 0.141. The maximum Gasteiger partial charge on any atom is 0.308 e. The van der Waals surface area contributed by atoms with Gasteiger partial charge in [0.05, 0.1) is 5.92 Å². The molecule has 2 aliphatic heterocycles. The SMILES string of the molecule is CN1CCC(C)(CN2CC(C(=O)O)CCC2=O)CC1. The van der Waals surface area contributed by atoms with Crippen LogP contribution in [0.1, 0.15) is 32.6 Å². The third kappa shape index (κ3) is 3.47. The van der Waals surface area contributed by atoms with Crippen LogP contribution in [0.4, 0.5) is 0 Å². The Hall–Kier alpha value is -1.10. The predicted octanol–water partition coefficient (Wildman–Crippen LogP) is 1.04. The van der Waals surface area contributed by atoms with Crippen LogP contribution >= 0.6 is 0 Å². The molecule has 0 aromatic rings. The average molecular weight is 268 g/mol. The Kier molecular flexibility index (Phi) is 4.13. The number of likely N-dealkylation sites (tertiary alicyclic amines) is 2. The molecule has 0 aromatic carbocycles. The summed E-state index contributed by atoms with van der Waals surface area (Å²) in [6.45, 7) is 5.43. The summed E-state index contributed by atoms with van der Waals surface area (Å²) in [7, 11) is 2.12. The van der Waals surface area contributed by atoms with Crippen molar-refractivity contribution in [1.82, 2.24) is 9.80 Å². The molecule has 2 saturated heterocycles. The van der Waals surface area contributed by atoms with Gasteiger partial charge in [0.25, 0.3) is 0 Å². The lowest BCUT2D eigenvalue weighted by atomic mass is 9.79. The molecule has 0 radical (unpaired) electrons. The summed E-state index contributed by atoms with van der Waals surface area (Å²) in [6.07, 6.45) is 3.02. The summed E-state index contributed by atoms with van der Waals surface area (Å²) in [6, 6.07) is 0. The van der Waals surface area contributed by atoms with Crippen molar-refractivity contribution in [1.29, 1.82) is 0 Å². The van der Waals surface area contributed by atoms with Gasteiger partial charge in [-0.25, -0.2) is 0 Å². The van der Waals surface area contributed by atoms with Gasteiger partial charge in [0, 0.05) is 19.5 Å². The van der Waals surface area contributed by atoms with Crippen LogP contribution in [0.25, 0.3) is 0 Å². The second-order valence-electron chi connectivity index (χ2n) is 6.46. The number of carbonyl (C=O) groups excluding carboxylic acids is 1. The van der Waals surface area contributed by atoms with E-state index in [-0.39, 0.29) is 17.2 Å². The lowest BCUT2D eigenvalue weighted by Gasteiger charge is -2.42. The standard InChI is InChI=1S/C14H24N2O3/c1-14(5-7-15(2)8-6-14)10-16-9-11(13(18)19)3-4-12(16)17/h11H,3-10H2,1-2H3,(H,18,19). The van der Waals surface area contributed by atoms with E-state index in [2.05, 4.69) is 18.9 Å². The molecule has 2 fully saturated rings. The Balaban J connectivity index is 1.96. The first-order valence-electron chi connectivity index (χ1n) is 7.09.